The average molecular weight is 250 g/mol. The molecule has 3 saturated heterocycles. The first-order valence-corrected chi connectivity index (χ1v) is 6.59. The van der Waals surface area contributed by atoms with E-state index in [2.05, 4.69) is 10.2 Å². The molecular weight excluding hydrogens is 231 g/mol. The molecular formula is C14H19FN2O. The van der Waals surface area contributed by atoms with Crippen LogP contribution in [0.25, 0.3) is 0 Å². The second-order valence-corrected chi connectivity index (χ2v) is 5.47. The van der Waals surface area contributed by atoms with Gasteiger partial charge in [0.25, 0.3) is 0 Å². The number of nitrogens with one attached hydrogen (secondary N) is 1. The number of aliphatic hydroxyl groups is 1. The van der Waals surface area contributed by atoms with Gasteiger partial charge in [-0.25, -0.2) is 4.39 Å². The van der Waals surface area contributed by atoms with Gasteiger partial charge in [0.15, 0.2) is 0 Å². The van der Waals surface area contributed by atoms with E-state index in [0.717, 1.165) is 32.5 Å². The minimum absolute atomic E-state index is 0.0580. The zero-order chi connectivity index (χ0) is 12.6. The molecule has 0 aromatic heterocycles. The number of fused-ring (bicyclic) bond motifs is 3. The third-order valence-electron chi connectivity index (χ3n) is 4.41. The Morgan fingerprint density at radius 2 is 2.06 bits per heavy atom. The monoisotopic (exact) mass is 250 g/mol. The summed E-state index contributed by atoms with van der Waals surface area (Å²) in [5, 5.41) is 13.1. The summed E-state index contributed by atoms with van der Waals surface area (Å²) >= 11 is 0. The fourth-order valence-electron chi connectivity index (χ4n) is 3.36. The molecule has 1 unspecified atom stereocenters. The maximum atomic E-state index is 13.7. The fraction of sp³-hybridized carbons (Fsp3) is 0.571. The molecule has 18 heavy (non-hydrogen) atoms. The Balaban J connectivity index is 1.87. The van der Waals surface area contributed by atoms with Crippen LogP contribution in [-0.2, 0) is 0 Å². The Kier molecular flexibility index (Phi) is 2.99. The number of hydrogen-bond donors (Lipinski definition) is 2. The van der Waals surface area contributed by atoms with Crippen molar-refractivity contribution < 1.29 is 9.50 Å². The molecule has 0 saturated carbocycles. The predicted octanol–water partition coefficient (Wildman–Crippen LogP) is 1.69. The van der Waals surface area contributed by atoms with Gasteiger partial charge in [-0.15, -0.1) is 0 Å². The lowest BCUT2D eigenvalue weighted by molar-refractivity contribution is 0.00902. The highest BCUT2D eigenvalue weighted by Gasteiger charge is 2.46. The van der Waals surface area contributed by atoms with Crippen molar-refractivity contribution in [2.24, 2.45) is 5.92 Å². The third-order valence-corrected chi connectivity index (χ3v) is 4.41. The number of benzene rings is 1. The largest absolute Gasteiger partial charge is 0.394 e. The normalized spacial score (nSPS) is 34.6. The van der Waals surface area contributed by atoms with Crippen molar-refractivity contribution in [3.63, 3.8) is 0 Å². The van der Waals surface area contributed by atoms with Crippen LogP contribution in [0.5, 0.6) is 0 Å². The third kappa shape index (κ3) is 1.89. The molecule has 4 heteroatoms. The Labute approximate surface area is 107 Å². The van der Waals surface area contributed by atoms with Gasteiger partial charge in [-0.1, -0.05) is 12.1 Å². The van der Waals surface area contributed by atoms with Crippen LogP contribution in [0.1, 0.15) is 12.8 Å². The van der Waals surface area contributed by atoms with Crippen molar-refractivity contribution in [2.75, 3.05) is 31.6 Å². The first kappa shape index (κ1) is 11.9. The van der Waals surface area contributed by atoms with Crippen LogP contribution < -0.4 is 5.32 Å². The smallest absolute Gasteiger partial charge is 0.146 e. The molecule has 0 spiro atoms. The van der Waals surface area contributed by atoms with E-state index in [0.29, 0.717) is 11.6 Å². The van der Waals surface area contributed by atoms with Crippen LogP contribution in [-0.4, -0.2) is 41.8 Å². The minimum Gasteiger partial charge on any atom is -0.394 e. The van der Waals surface area contributed by atoms with Gasteiger partial charge < -0.3 is 15.3 Å². The van der Waals surface area contributed by atoms with Gasteiger partial charge in [0, 0.05) is 6.54 Å². The fourth-order valence-corrected chi connectivity index (χ4v) is 3.36. The molecule has 3 aliphatic rings. The van der Waals surface area contributed by atoms with E-state index >= 15 is 0 Å². The summed E-state index contributed by atoms with van der Waals surface area (Å²) in [4.78, 5) is 2.35. The van der Waals surface area contributed by atoms with Gasteiger partial charge in [0.2, 0.25) is 0 Å². The topological polar surface area (TPSA) is 35.5 Å². The van der Waals surface area contributed by atoms with E-state index in [1.807, 2.05) is 6.07 Å². The Bertz CT molecular complexity index is 432. The Morgan fingerprint density at radius 3 is 2.61 bits per heavy atom. The van der Waals surface area contributed by atoms with E-state index in [1.54, 1.807) is 12.1 Å². The van der Waals surface area contributed by atoms with Crippen LogP contribution in [0.4, 0.5) is 10.1 Å². The standard InChI is InChI=1S/C14H19FN2O/c15-12-3-1-2-4-13(12)16-14(10-18)9-17-7-5-11(14)6-8-17/h1-4,11,16,18H,5-10H2. The van der Waals surface area contributed by atoms with Crippen molar-refractivity contribution in [3.8, 4) is 0 Å². The molecule has 2 N–H and O–H groups in total. The molecule has 3 nitrogen and oxygen atoms in total. The Hall–Kier alpha value is -1.13. The Morgan fingerprint density at radius 1 is 1.33 bits per heavy atom. The molecule has 98 valence electrons. The van der Waals surface area contributed by atoms with Gasteiger partial charge in [0.1, 0.15) is 5.82 Å². The van der Waals surface area contributed by atoms with Crippen LogP contribution in [0, 0.1) is 11.7 Å². The van der Waals surface area contributed by atoms with Crippen LogP contribution >= 0.6 is 0 Å². The summed E-state index contributed by atoms with van der Waals surface area (Å²) in [6, 6.07) is 6.69. The van der Waals surface area contributed by atoms with Gasteiger partial charge in [-0.3, -0.25) is 0 Å². The second-order valence-electron chi connectivity index (χ2n) is 5.47. The van der Waals surface area contributed by atoms with Crippen molar-refractivity contribution in [2.45, 2.75) is 18.4 Å². The van der Waals surface area contributed by atoms with Crippen LogP contribution in [0.2, 0.25) is 0 Å². The van der Waals surface area contributed by atoms with Crippen molar-refractivity contribution in [3.05, 3.63) is 30.1 Å². The summed E-state index contributed by atoms with van der Waals surface area (Å²) in [6.45, 7) is 3.07. The number of rotatable bonds is 3. The van der Waals surface area contributed by atoms with Crippen molar-refractivity contribution in [1.29, 1.82) is 0 Å². The van der Waals surface area contributed by atoms with Gasteiger partial charge in [0.05, 0.1) is 17.8 Å². The molecule has 2 bridgehead atoms. The molecule has 0 aliphatic carbocycles. The van der Waals surface area contributed by atoms with E-state index in [4.69, 9.17) is 0 Å². The molecule has 1 aromatic carbocycles. The predicted molar refractivity (Wildman–Crippen MR) is 69.0 cm³/mol. The van der Waals surface area contributed by atoms with E-state index < -0.39 is 0 Å². The summed E-state index contributed by atoms with van der Waals surface area (Å²) in [5.41, 5.74) is 0.124. The molecule has 1 aromatic rings. The molecule has 0 amide bonds. The number of nitrogens with zero attached hydrogens (tertiary/aromatic N) is 1. The second kappa shape index (κ2) is 4.52. The van der Waals surface area contributed by atoms with Gasteiger partial charge >= 0.3 is 0 Å². The maximum Gasteiger partial charge on any atom is 0.146 e. The summed E-state index contributed by atoms with van der Waals surface area (Å²) in [6.07, 6.45) is 2.17. The number of hydrogen-bond acceptors (Lipinski definition) is 3. The number of halogens is 1. The zero-order valence-corrected chi connectivity index (χ0v) is 10.4. The van der Waals surface area contributed by atoms with Gasteiger partial charge in [-0.05, 0) is 44.0 Å². The van der Waals surface area contributed by atoms with E-state index in [-0.39, 0.29) is 18.0 Å². The molecule has 3 aliphatic heterocycles. The van der Waals surface area contributed by atoms with Crippen molar-refractivity contribution in [1.82, 2.24) is 4.90 Å². The summed E-state index contributed by atoms with van der Waals surface area (Å²) in [7, 11) is 0. The zero-order valence-electron chi connectivity index (χ0n) is 10.4. The highest BCUT2D eigenvalue weighted by atomic mass is 19.1. The first-order valence-electron chi connectivity index (χ1n) is 6.59. The highest BCUT2D eigenvalue weighted by molar-refractivity contribution is 5.47. The van der Waals surface area contributed by atoms with E-state index in [9.17, 15) is 9.50 Å². The molecule has 3 fully saturated rings. The summed E-state index contributed by atoms with van der Waals surface area (Å²) < 4.78 is 13.7. The van der Waals surface area contributed by atoms with Gasteiger partial charge in [-0.2, -0.15) is 0 Å². The molecule has 3 heterocycles. The maximum absolute atomic E-state index is 13.7. The lowest BCUT2D eigenvalue weighted by Gasteiger charge is -2.53. The lowest BCUT2D eigenvalue weighted by Crippen LogP contribution is -2.64. The molecule has 4 rings (SSSR count). The SMILES string of the molecule is OCC1(Nc2ccccc2F)CN2CCC1CC2. The highest BCUT2D eigenvalue weighted by Crippen LogP contribution is 2.38. The lowest BCUT2D eigenvalue weighted by atomic mass is 9.73. The van der Waals surface area contributed by atoms with E-state index in [1.165, 1.54) is 6.07 Å². The summed E-state index contributed by atoms with van der Waals surface area (Å²) in [5.74, 6) is 0.189. The minimum atomic E-state index is -0.376. The van der Waals surface area contributed by atoms with Crippen LogP contribution in [0.3, 0.4) is 0 Å². The number of para-hydroxylation sites is 1. The van der Waals surface area contributed by atoms with Crippen LogP contribution in [0.15, 0.2) is 24.3 Å². The average Bonchev–Trinajstić information content (AvgIpc) is 2.43. The number of piperidine rings is 3. The number of anilines is 1. The number of aliphatic hydroxyl groups excluding tert-OH is 1. The molecule has 1 atom stereocenters. The van der Waals surface area contributed by atoms with Crippen molar-refractivity contribution >= 4 is 5.69 Å². The molecule has 0 radical (unpaired) electrons. The first-order chi connectivity index (χ1) is 8.73. The quantitative estimate of drug-likeness (QED) is 0.857.